The van der Waals surface area contributed by atoms with Crippen molar-refractivity contribution in [2.75, 3.05) is 71.3 Å². The summed E-state index contributed by atoms with van der Waals surface area (Å²) in [5, 5.41) is 16.2. The molecule has 660 valence electrons. The molecule has 0 atom stereocenters. The number of carbonyl (C=O) groups is 7. The fraction of sp³-hybridized carbons (Fsp3) is 0.164. The summed E-state index contributed by atoms with van der Waals surface area (Å²) in [5.41, 5.74) is 30.5. The average molecular weight is 1760 g/mol. The van der Waals surface area contributed by atoms with Gasteiger partial charge in [0.15, 0.2) is 0 Å². The van der Waals surface area contributed by atoms with E-state index in [1.165, 1.54) is 44.2 Å². The van der Waals surface area contributed by atoms with Crippen molar-refractivity contribution in [3.05, 3.63) is 350 Å². The monoisotopic (exact) mass is 1760 g/mol. The third kappa shape index (κ3) is 20.9. The highest BCUT2D eigenvalue weighted by molar-refractivity contribution is 6.03. The maximum atomic E-state index is 11.8. The largest absolute Gasteiger partial charge is 0.495 e. The topological polar surface area (TPSA) is 286 Å². The lowest BCUT2D eigenvalue weighted by Crippen LogP contribution is -2.30. The maximum absolute atomic E-state index is 11.8. The Hall–Kier alpha value is -16.6. The van der Waals surface area contributed by atoms with Gasteiger partial charge in [0, 0.05) is 207 Å². The summed E-state index contributed by atoms with van der Waals surface area (Å²) in [7, 11) is 8.77. The van der Waals surface area contributed by atoms with Gasteiger partial charge in [0.25, 0.3) is 0 Å². The van der Waals surface area contributed by atoms with Crippen LogP contribution in [0.1, 0.15) is 77.5 Å². The van der Waals surface area contributed by atoms with Crippen LogP contribution in [0.4, 0.5) is 39.8 Å². The summed E-state index contributed by atoms with van der Waals surface area (Å²) in [6, 6.07) is 75.4. The van der Waals surface area contributed by atoms with Gasteiger partial charge in [-0.3, -0.25) is 68.4 Å². The Kier molecular flexibility index (Phi) is 27.2. The van der Waals surface area contributed by atoms with Gasteiger partial charge in [0.05, 0.1) is 33.0 Å². The number of fused-ring (bicyclic) bond motifs is 9. The number of ether oxygens (including phenoxy) is 2. The Labute approximate surface area is 770 Å². The number of aromatic nitrogens is 7. The molecule has 133 heavy (non-hydrogen) atoms. The molecule has 16 aromatic rings. The van der Waals surface area contributed by atoms with E-state index in [1.807, 2.05) is 229 Å². The van der Waals surface area contributed by atoms with Crippen LogP contribution < -0.4 is 45.4 Å². The van der Waals surface area contributed by atoms with Gasteiger partial charge in [0.1, 0.15) is 11.5 Å². The molecule has 4 N–H and O–H groups in total. The lowest BCUT2D eigenvalue weighted by Gasteiger charge is -2.26. The second kappa shape index (κ2) is 40.8. The lowest BCUT2D eigenvalue weighted by molar-refractivity contribution is -0.119. The number of anilines is 7. The maximum Gasteiger partial charge on any atom is 0.228 e. The van der Waals surface area contributed by atoms with E-state index in [0.29, 0.717) is 44.9 Å². The molecular weight excluding hydrogens is 1660 g/mol. The molecule has 14 heterocycles. The molecule has 0 bridgehead atoms. The third-order valence-electron chi connectivity index (χ3n) is 24.5. The van der Waals surface area contributed by atoms with Crippen molar-refractivity contribution >= 4 is 103 Å². The summed E-state index contributed by atoms with van der Waals surface area (Å²) in [6.45, 7) is 0. The first-order chi connectivity index (χ1) is 64.9. The molecule has 0 spiro atoms. The van der Waals surface area contributed by atoms with Crippen molar-refractivity contribution in [2.24, 2.45) is 0 Å². The summed E-state index contributed by atoms with van der Waals surface area (Å²) >= 11 is 0. The first kappa shape index (κ1) is 88.5. The van der Waals surface area contributed by atoms with E-state index >= 15 is 0 Å². The number of amides is 7. The highest BCUT2D eigenvalue weighted by atomic mass is 16.5. The van der Waals surface area contributed by atoms with E-state index in [4.69, 9.17) is 9.47 Å². The number of methoxy groups -OCH3 is 2. The van der Waals surface area contributed by atoms with Crippen LogP contribution in [0.3, 0.4) is 0 Å². The van der Waals surface area contributed by atoms with Crippen LogP contribution in [0.5, 0.6) is 11.5 Å². The summed E-state index contributed by atoms with van der Waals surface area (Å²) < 4.78 is 10.4. The zero-order valence-corrected chi connectivity index (χ0v) is 74.3. The zero-order chi connectivity index (χ0) is 91.9. The second-order valence-corrected chi connectivity index (χ2v) is 33.0. The number of aryl methyl sites for hydroxylation is 6. The van der Waals surface area contributed by atoms with Crippen molar-refractivity contribution in [3.8, 4) is 89.4 Å². The number of benzene rings is 9. The van der Waals surface area contributed by atoms with E-state index in [9.17, 15) is 33.6 Å². The Morgan fingerprint density at radius 3 is 0.932 bits per heavy atom. The highest BCUT2D eigenvalue weighted by Gasteiger charge is 2.27. The molecule has 0 saturated carbocycles. The Morgan fingerprint density at radius 1 is 0.248 bits per heavy atom. The molecule has 23 nitrogen and oxygen atoms in total. The Bertz CT molecular complexity index is 7090. The standard InChI is InChI=1S/C19H16N2O.C18H14N2O.C16H16N2O2.C15H14N2O2.C15H14N2O.C14H12N2O.C13H10N2O/c1-21-18-8-6-13(10-14(18)7-9-19(21)22)17-12-20-11-15-4-2-3-5-16(15)17;21-18-8-6-13-9-12(5-7-17(13)20-18)16-11-19-10-14-3-1-2-4-15(14)16;1-18-15-5-3-11(7-12(15)4-6-16(18)19)13-8-14(20-2)10-17-9-13;1-19-13-7-12(8-16-9-13)10-2-4-14-11(6-10)3-5-15(18)17-14;1-17-14-6-4-11(13-3-2-8-16-10-13)9-12(14)5-7-15(17)18;17-14-6-4-11-8-10(3-5-13(11)16-14)12-2-1-7-15-9-12;16-13-7-11-6-9(3-4-12(11)15-13)10-2-1-5-14-8-10/h2-6,8,10-12H,7,9H2,1H3;1-5,7,9-11H,6,8H2,(H,20,21);3,5,7-10H,4,6H2,1-2H3;2,4,6-9H,3,5H2,1H3,(H,17,18);2-4,6,8-10H,5,7H2,1H3;1-3,5,7-9H,4,6H2,(H,16,17);1-6,8H,7H2,(H,15,16). The molecular formula is C110H96N14O9. The second-order valence-electron chi connectivity index (χ2n) is 33.0. The predicted molar refractivity (Wildman–Crippen MR) is 524 cm³/mol. The van der Waals surface area contributed by atoms with Crippen LogP contribution in [0.25, 0.3) is 99.4 Å². The number of carbonyl (C=O) groups excluding carboxylic acids is 7. The minimum Gasteiger partial charge on any atom is -0.495 e. The zero-order valence-electron chi connectivity index (χ0n) is 74.3. The molecule has 7 aliphatic heterocycles. The van der Waals surface area contributed by atoms with E-state index in [2.05, 4.69) is 129 Å². The molecule has 0 fully saturated rings. The summed E-state index contributed by atoms with van der Waals surface area (Å²) in [5.74, 6) is 2.39. The highest BCUT2D eigenvalue weighted by Crippen LogP contribution is 2.40. The third-order valence-corrected chi connectivity index (χ3v) is 24.5. The van der Waals surface area contributed by atoms with Crippen LogP contribution in [-0.2, 0) is 78.5 Å². The molecule has 0 radical (unpaired) electrons. The summed E-state index contributed by atoms with van der Waals surface area (Å²) in [6.07, 6.45) is 34.2. The SMILES string of the molecule is CN1C(=O)CCc2cc(-c3cccnc3)ccc21.CN1C(=O)CCc2cc(-c3cncc4ccccc34)ccc21.COc1cncc(-c2ccc3c(c2)CCC(=O)N3)c1.COc1cncc(-c2ccc3c(c2)CCC(=O)N3C)c1.O=C1CCc2cc(-c3cccnc3)ccc2N1.O=C1CCc2cc(-c3cncc4ccccc34)ccc2N1.O=C1Cc2cc(-c3cccnc3)ccc2N1. The molecule has 7 aromatic heterocycles. The predicted octanol–water partition coefficient (Wildman–Crippen LogP) is 20.4. The van der Waals surface area contributed by atoms with Crippen molar-refractivity contribution in [3.63, 3.8) is 0 Å². The van der Waals surface area contributed by atoms with Gasteiger partial charge in [-0.25, -0.2) is 0 Å². The van der Waals surface area contributed by atoms with Crippen LogP contribution in [-0.4, -0.2) is 112 Å². The fourth-order valence-corrected chi connectivity index (χ4v) is 17.3. The van der Waals surface area contributed by atoms with Crippen molar-refractivity contribution in [1.29, 1.82) is 0 Å². The van der Waals surface area contributed by atoms with Gasteiger partial charge in [-0.05, 0) is 259 Å². The van der Waals surface area contributed by atoms with E-state index in [-0.39, 0.29) is 41.4 Å². The van der Waals surface area contributed by atoms with Gasteiger partial charge >= 0.3 is 0 Å². The van der Waals surface area contributed by atoms with Crippen LogP contribution >= 0.6 is 0 Å². The molecule has 23 rings (SSSR count). The van der Waals surface area contributed by atoms with Crippen LogP contribution in [0, 0.1) is 0 Å². The van der Waals surface area contributed by atoms with Crippen molar-refractivity contribution in [2.45, 2.75) is 83.5 Å². The van der Waals surface area contributed by atoms with Crippen molar-refractivity contribution in [1.82, 2.24) is 34.9 Å². The first-order valence-corrected chi connectivity index (χ1v) is 44.2. The first-order valence-electron chi connectivity index (χ1n) is 44.2. The molecule has 23 heteroatoms. The normalized spacial score (nSPS) is 14.0. The summed E-state index contributed by atoms with van der Waals surface area (Å²) in [4.78, 5) is 115. The number of hydrogen-bond acceptors (Lipinski definition) is 16. The number of rotatable bonds is 9. The van der Waals surface area contributed by atoms with Gasteiger partial charge in [-0.15, -0.1) is 0 Å². The lowest BCUT2D eigenvalue weighted by atomic mass is 9.95. The Morgan fingerprint density at radius 2 is 0.549 bits per heavy atom. The van der Waals surface area contributed by atoms with Gasteiger partial charge in [0.2, 0.25) is 41.4 Å². The van der Waals surface area contributed by atoms with E-state index in [0.717, 1.165) is 184 Å². The smallest absolute Gasteiger partial charge is 0.228 e. The number of nitrogens with one attached hydrogen (secondary N) is 4. The number of hydrogen-bond donors (Lipinski definition) is 4. The Balaban J connectivity index is 0.000000108. The minimum atomic E-state index is 0.0679. The molecule has 0 aliphatic carbocycles. The number of nitrogens with zero attached hydrogens (tertiary/aromatic N) is 10. The fourth-order valence-electron chi connectivity index (χ4n) is 17.3. The van der Waals surface area contributed by atoms with E-state index in [1.54, 1.807) is 59.9 Å². The van der Waals surface area contributed by atoms with Crippen LogP contribution in [0.15, 0.2) is 311 Å². The quantitative estimate of drug-likeness (QED) is 0.104. The molecule has 0 saturated heterocycles. The van der Waals surface area contributed by atoms with Crippen LogP contribution in [0.2, 0.25) is 0 Å². The number of pyridine rings is 7. The van der Waals surface area contributed by atoms with Crippen molar-refractivity contribution < 1.29 is 43.0 Å². The van der Waals surface area contributed by atoms with Gasteiger partial charge in [-0.1, -0.05) is 109 Å². The van der Waals surface area contributed by atoms with Gasteiger partial charge in [-0.2, -0.15) is 0 Å². The van der Waals surface area contributed by atoms with Gasteiger partial charge < -0.3 is 45.4 Å². The van der Waals surface area contributed by atoms with E-state index < -0.39 is 0 Å². The minimum absolute atomic E-state index is 0.0679. The molecule has 0 unspecified atom stereocenters. The molecule has 7 aliphatic rings. The molecule has 7 amide bonds. The average Bonchev–Trinajstić information content (AvgIpc) is 1.37. The molecule has 9 aromatic carbocycles.